The maximum absolute atomic E-state index is 8.77. The first kappa shape index (κ1) is 8.39. The Balaban J connectivity index is 2.36. The summed E-state index contributed by atoms with van der Waals surface area (Å²) >= 11 is 3.16. The lowest BCUT2D eigenvalue weighted by molar-refractivity contribution is 0.108. The second-order valence-electron chi connectivity index (χ2n) is 2.68. The summed E-state index contributed by atoms with van der Waals surface area (Å²) in [5.41, 5.74) is 0. The highest BCUT2D eigenvalue weighted by molar-refractivity contribution is 9.10. The number of para-hydroxylation sites is 2. The highest BCUT2D eigenvalue weighted by atomic mass is 79.9. The highest BCUT2D eigenvalue weighted by Crippen LogP contribution is 2.36. The maximum Gasteiger partial charge on any atom is 0.282 e. The minimum absolute atomic E-state index is 0.195. The van der Waals surface area contributed by atoms with Crippen LogP contribution < -0.4 is 9.47 Å². The van der Waals surface area contributed by atoms with Crippen molar-refractivity contribution in [3.8, 4) is 17.6 Å². The van der Waals surface area contributed by atoms with Crippen LogP contribution in [0.2, 0.25) is 0 Å². The van der Waals surface area contributed by atoms with Crippen LogP contribution in [0.5, 0.6) is 11.5 Å². The van der Waals surface area contributed by atoms with Gasteiger partial charge in [-0.05, 0) is 28.1 Å². The number of benzene rings is 1. The van der Waals surface area contributed by atoms with E-state index in [1.165, 1.54) is 0 Å². The number of halogens is 1. The van der Waals surface area contributed by atoms with Gasteiger partial charge in [0.05, 0.1) is 0 Å². The van der Waals surface area contributed by atoms with Crippen LogP contribution in [0.25, 0.3) is 0 Å². The van der Waals surface area contributed by atoms with Crippen molar-refractivity contribution < 1.29 is 9.47 Å². The Hall–Kier alpha value is -1.21. The third-order valence-corrected chi connectivity index (χ3v) is 2.27. The molecule has 0 amide bonds. The maximum atomic E-state index is 8.77. The summed E-state index contributed by atoms with van der Waals surface area (Å²) in [4.78, 5) is 0. The Labute approximate surface area is 84.0 Å². The van der Waals surface area contributed by atoms with Crippen molar-refractivity contribution in [2.45, 2.75) is 4.51 Å². The zero-order valence-electron chi connectivity index (χ0n) is 6.66. The highest BCUT2D eigenvalue weighted by Gasteiger charge is 2.34. The first-order chi connectivity index (χ1) is 6.23. The topological polar surface area (TPSA) is 42.2 Å². The molecule has 3 nitrogen and oxygen atoms in total. The number of hydrogen-bond acceptors (Lipinski definition) is 3. The van der Waals surface area contributed by atoms with Crippen LogP contribution >= 0.6 is 15.9 Å². The number of alkyl halides is 1. The van der Waals surface area contributed by atoms with Gasteiger partial charge in [-0.1, -0.05) is 12.1 Å². The molecule has 0 aromatic heterocycles. The fourth-order valence-electron chi connectivity index (χ4n) is 1.08. The van der Waals surface area contributed by atoms with Crippen LogP contribution in [-0.2, 0) is 0 Å². The zero-order valence-corrected chi connectivity index (χ0v) is 8.24. The van der Waals surface area contributed by atoms with Gasteiger partial charge in [-0.25, -0.2) is 0 Å². The molecule has 1 aliphatic rings. The molecule has 1 heterocycles. The number of ether oxygens (including phenoxy) is 2. The van der Waals surface area contributed by atoms with E-state index in [1.54, 1.807) is 12.1 Å². The van der Waals surface area contributed by atoms with Gasteiger partial charge < -0.3 is 9.47 Å². The van der Waals surface area contributed by atoms with Crippen molar-refractivity contribution in [3.63, 3.8) is 0 Å². The lowest BCUT2D eigenvalue weighted by Gasteiger charge is -2.28. The second kappa shape index (κ2) is 2.93. The minimum atomic E-state index is -1.04. The Morgan fingerprint density at radius 1 is 1.38 bits per heavy atom. The van der Waals surface area contributed by atoms with Crippen LogP contribution in [0.4, 0.5) is 0 Å². The van der Waals surface area contributed by atoms with Gasteiger partial charge in [0, 0.05) is 0 Å². The molecule has 1 aliphatic heterocycles. The Kier molecular flexibility index (Phi) is 1.89. The van der Waals surface area contributed by atoms with Crippen molar-refractivity contribution in [1.29, 1.82) is 5.26 Å². The van der Waals surface area contributed by atoms with E-state index in [1.807, 2.05) is 18.2 Å². The van der Waals surface area contributed by atoms with Crippen molar-refractivity contribution in [2.75, 3.05) is 6.61 Å². The van der Waals surface area contributed by atoms with Crippen LogP contribution in [-0.4, -0.2) is 11.1 Å². The summed E-state index contributed by atoms with van der Waals surface area (Å²) in [7, 11) is 0. The molecule has 0 fully saturated rings. The molecule has 66 valence electrons. The third kappa shape index (κ3) is 1.47. The van der Waals surface area contributed by atoms with E-state index in [0.29, 0.717) is 11.5 Å². The van der Waals surface area contributed by atoms with Gasteiger partial charge in [0.2, 0.25) is 0 Å². The zero-order chi connectivity index (χ0) is 9.31. The molecule has 2 rings (SSSR count). The molecular formula is C9H6BrNO2. The van der Waals surface area contributed by atoms with Gasteiger partial charge in [-0.2, -0.15) is 5.26 Å². The summed E-state index contributed by atoms with van der Waals surface area (Å²) in [6.07, 6.45) is 0. The summed E-state index contributed by atoms with van der Waals surface area (Å²) in [6.45, 7) is 0.195. The molecule has 0 saturated carbocycles. The Morgan fingerprint density at radius 2 is 2.08 bits per heavy atom. The quantitative estimate of drug-likeness (QED) is 0.652. The summed E-state index contributed by atoms with van der Waals surface area (Å²) in [5, 5.41) is 8.77. The summed E-state index contributed by atoms with van der Waals surface area (Å²) < 4.78 is 9.69. The fraction of sp³-hybridized carbons (Fsp3) is 0.222. The smallest absolute Gasteiger partial charge is 0.282 e. The van der Waals surface area contributed by atoms with Gasteiger partial charge in [-0.3, -0.25) is 0 Å². The van der Waals surface area contributed by atoms with E-state index in [2.05, 4.69) is 15.9 Å². The molecule has 0 radical (unpaired) electrons. The van der Waals surface area contributed by atoms with Crippen LogP contribution in [0.15, 0.2) is 24.3 Å². The normalized spacial score (nSPS) is 24.9. The van der Waals surface area contributed by atoms with E-state index in [-0.39, 0.29) is 6.61 Å². The largest absolute Gasteiger partial charge is 0.483 e. The number of nitriles is 1. The number of hydrogen-bond donors (Lipinski definition) is 0. The Bertz CT molecular complexity index is 374. The van der Waals surface area contributed by atoms with E-state index in [4.69, 9.17) is 14.7 Å². The molecule has 0 spiro atoms. The van der Waals surface area contributed by atoms with Gasteiger partial charge in [-0.15, -0.1) is 0 Å². The van der Waals surface area contributed by atoms with E-state index >= 15 is 0 Å². The lowest BCUT2D eigenvalue weighted by Crippen LogP contribution is -2.37. The number of fused-ring (bicyclic) bond motifs is 1. The first-order valence-electron chi connectivity index (χ1n) is 3.74. The van der Waals surface area contributed by atoms with Crippen LogP contribution in [0.3, 0.4) is 0 Å². The molecule has 4 heteroatoms. The summed E-state index contributed by atoms with van der Waals surface area (Å²) in [5.74, 6) is 1.26. The molecule has 1 aromatic rings. The van der Waals surface area contributed by atoms with E-state index in [0.717, 1.165) is 0 Å². The second-order valence-corrected chi connectivity index (χ2v) is 3.96. The van der Waals surface area contributed by atoms with Crippen LogP contribution in [0.1, 0.15) is 0 Å². The standard InChI is InChI=1S/C9H6BrNO2/c10-9(5-11)6-12-7-3-1-2-4-8(7)13-9/h1-4H,6H2. The van der Waals surface area contributed by atoms with Gasteiger partial charge >= 0.3 is 0 Å². The molecule has 0 N–H and O–H groups in total. The van der Waals surface area contributed by atoms with E-state index in [9.17, 15) is 0 Å². The van der Waals surface area contributed by atoms with E-state index < -0.39 is 4.51 Å². The summed E-state index contributed by atoms with van der Waals surface area (Å²) in [6, 6.07) is 9.25. The minimum Gasteiger partial charge on any atom is -0.483 e. The third-order valence-electron chi connectivity index (χ3n) is 1.70. The van der Waals surface area contributed by atoms with Crippen molar-refractivity contribution in [2.24, 2.45) is 0 Å². The van der Waals surface area contributed by atoms with Gasteiger partial charge in [0.25, 0.3) is 4.51 Å². The van der Waals surface area contributed by atoms with Gasteiger partial charge in [0.1, 0.15) is 6.07 Å². The lowest BCUT2D eigenvalue weighted by atomic mass is 10.3. The van der Waals surface area contributed by atoms with Gasteiger partial charge in [0.15, 0.2) is 18.1 Å². The predicted molar refractivity (Wildman–Crippen MR) is 49.8 cm³/mol. The number of nitrogens with zero attached hydrogens (tertiary/aromatic N) is 1. The monoisotopic (exact) mass is 239 g/mol. The molecule has 0 saturated heterocycles. The van der Waals surface area contributed by atoms with Crippen molar-refractivity contribution >= 4 is 15.9 Å². The average Bonchev–Trinajstić information content (AvgIpc) is 2.18. The molecule has 0 bridgehead atoms. The fourth-order valence-corrected chi connectivity index (χ4v) is 1.37. The molecule has 1 unspecified atom stereocenters. The van der Waals surface area contributed by atoms with Crippen molar-refractivity contribution in [1.82, 2.24) is 0 Å². The van der Waals surface area contributed by atoms with Crippen molar-refractivity contribution in [3.05, 3.63) is 24.3 Å². The predicted octanol–water partition coefficient (Wildman–Crippen LogP) is 2.07. The number of rotatable bonds is 0. The molecule has 1 aromatic carbocycles. The molecule has 0 aliphatic carbocycles. The Morgan fingerprint density at radius 3 is 2.77 bits per heavy atom. The SMILES string of the molecule is N#CC1(Br)COc2ccccc2O1. The van der Waals surface area contributed by atoms with Crippen LogP contribution in [0, 0.1) is 11.3 Å². The molecule has 1 atom stereocenters. The first-order valence-corrected chi connectivity index (χ1v) is 4.54. The average molecular weight is 240 g/mol. The molecule has 13 heavy (non-hydrogen) atoms. The molecular weight excluding hydrogens is 234 g/mol.